The highest BCUT2D eigenvalue weighted by atomic mass is 35.5. The van der Waals surface area contributed by atoms with Crippen LogP contribution in [0.1, 0.15) is 45.2 Å². The third-order valence-electron chi connectivity index (χ3n) is 2.52. The molecule has 0 aliphatic rings. The summed E-state index contributed by atoms with van der Waals surface area (Å²) >= 11 is 6.08. The molecule has 0 aliphatic heterocycles. The van der Waals surface area contributed by atoms with E-state index in [0.29, 0.717) is 10.9 Å². The summed E-state index contributed by atoms with van der Waals surface area (Å²) in [7, 11) is 1.56. The molecule has 0 aliphatic carbocycles. The number of pyridine rings is 1. The summed E-state index contributed by atoms with van der Waals surface area (Å²) in [5.74, 6) is 0.768. The van der Waals surface area contributed by atoms with Gasteiger partial charge in [-0.2, -0.15) is 0 Å². The molecule has 4 heteroatoms. The lowest BCUT2D eigenvalue weighted by atomic mass is 10.0. The normalized spacial score (nSPS) is 11.2. The zero-order valence-corrected chi connectivity index (χ0v) is 11.1. The molecule has 0 amide bonds. The Morgan fingerprint density at radius 1 is 1.31 bits per heavy atom. The molecule has 1 rings (SSSR count). The van der Waals surface area contributed by atoms with E-state index in [1.807, 2.05) is 33.8 Å². The summed E-state index contributed by atoms with van der Waals surface area (Å²) in [4.78, 5) is 12.1. The molecule has 1 aromatic rings. The SMILES string of the molecule is COc1cc(C(C)C)c(Cl)c(=O)n1C(C)C. The van der Waals surface area contributed by atoms with Crippen LogP contribution in [0.2, 0.25) is 5.02 Å². The third-order valence-corrected chi connectivity index (χ3v) is 2.90. The number of hydrogen-bond donors (Lipinski definition) is 0. The fraction of sp³-hybridized carbons (Fsp3) is 0.583. The van der Waals surface area contributed by atoms with Crippen LogP contribution in [-0.2, 0) is 0 Å². The molecule has 0 aromatic carbocycles. The lowest BCUT2D eigenvalue weighted by molar-refractivity contribution is 0.351. The molecule has 0 N–H and O–H groups in total. The van der Waals surface area contributed by atoms with Crippen LogP contribution >= 0.6 is 11.6 Å². The molecule has 0 radical (unpaired) electrons. The van der Waals surface area contributed by atoms with Gasteiger partial charge in [-0.3, -0.25) is 9.36 Å². The van der Waals surface area contributed by atoms with Gasteiger partial charge in [0, 0.05) is 12.1 Å². The minimum atomic E-state index is -0.181. The van der Waals surface area contributed by atoms with E-state index in [0.717, 1.165) is 5.56 Å². The first kappa shape index (κ1) is 13.1. The highest BCUT2D eigenvalue weighted by molar-refractivity contribution is 6.31. The van der Waals surface area contributed by atoms with Crippen molar-refractivity contribution in [2.75, 3.05) is 7.11 Å². The molecule has 1 heterocycles. The largest absolute Gasteiger partial charge is 0.482 e. The van der Waals surface area contributed by atoms with Crippen molar-refractivity contribution in [1.82, 2.24) is 4.57 Å². The highest BCUT2D eigenvalue weighted by Crippen LogP contribution is 2.26. The Morgan fingerprint density at radius 3 is 2.25 bits per heavy atom. The van der Waals surface area contributed by atoms with Crippen molar-refractivity contribution >= 4 is 11.6 Å². The third kappa shape index (κ3) is 2.24. The number of methoxy groups -OCH3 is 1. The number of nitrogens with zero attached hydrogens (tertiary/aromatic N) is 1. The van der Waals surface area contributed by atoms with E-state index in [2.05, 4.69) is 0 Å². The Labute approximate surface area is 101 Å². The summed E-state index contributed by atoms with van der Waals surface area (Å²) in [5.41, 5.74) is 0.653. The van der Waals surface area contributed by atoms with E-state index in [9.17, 15) is 4.79 Å². The Morgan fingerprint density at radius 2 is 1.88 bits per heavy atom. The van der Waals surface area contributed by atoms with Crippen LogP contribution in [-0.4, -0.2) is 11.7 Å². The molecule has 0 saturated heterocycles. The lowest BCUT2D eigenvalue weighted by Gasteiger charge is -2.18. The highest BCUT2D eigenvalue weighted by Gasteiger charge is 2.17. The molecule has 90 valence electrons. The topological polar surface area (TPSA) is 31.2 Å². The first-order valence-corrected chi connectivity index (χ1v) is 5.76. The van der Waals surface area contributed by atoms with Crippen LogP contribution in [0.5, 0.6) is 5.88 Å². The second-order valence-electron chi connectivity index (χ2n) is 4.38. The summed E-state index contributed by atoms with van der Waals surface area (Å²) in [6.45, 7) is 7.85. The van der Waals surface area contributed by atoms with Gasteiger partial charge in [0.15, 0.2) is 5.88 Å². The maximum atomic E-state index is 12.1. The van der Waals surface area contributed by atoms with Gasteiger partial charge in [-0.05, 0) is 25.3 Å². The van der Waals surface area contributed by atoms with Crippen molar-refractivity contribution in [2.45, 2.75) is 39.7 Å². The van der Waals surface area contributed by atoms with Gasteiger partial charge in [0.25, 0.3) is 5.56 Å². The standard InChI is InChI=1S/C12H18ClNO2/c1-7(2)9-6-10(16-5)14(8(3)4)12(15)11(9)13/h6-8H,1-5H3. The monoisotopic (exact) mass is 243 g/mol. The van der Waals surface area contributed by atoms with E-state index >= 15 is 0 Å². The Hall–Kier alpha value is -0.960. The van der Waals surface area contributed by atoms with Crippen molar-refractivity contribution in [2.24, 2.45) is 0 Å². The van der Waals surface area contributed by atoms with Crippen LogP contribution in [0, 0.1) is 0 Å². The van der Waals surface area contributed by atoms with Gasteiger partial charge in [-0.15, -0.1) is 0 Å². The van der Waals surface area contributed by atoms with E-state index in [1.54, 1.807) is 11.7 Å². The molecular weight excluding hydrogens is 226 g/mol. The minimum Gasteiger partial charge on any atom is -0.482 e. The van der Waals surface area contributed by atoms with Crippen molar-refractivity contribution in [3.63, 3.8) is 0 Å². The Bertz CT molecular complexity index is 435. The predicted molar refractivity (Wildman–Crippen MR) is 66.7 cm³/mol. The zero-order chi connectivity index (χ0) is 12.5. The van der Waals surface area contributed by atoms with Crippen molar-refractivity contribution in [1.29, 1.82) is 0 Å². The van der Waals surface area contributed by atoms with Gasteiger partial charge < -0.3 is 4.74 Å². The van der Waals surface area contributed by atoms with E-state index in [1.165, 1.54) is 0 Å². The van der Waals surface area contributed by atoms with Crippen LogP contribution in [0.15, 0.2) is 10.9 Å². The van der Waals surface area contributed by atoms with Crippen molar-refractivity contribution < 1.29 is 4.74 Å². The molecule has 3 nitrogen and oxygen atoms in total. The first-order valence-electron chi connectivity index (χ1n) is 5.39. The van der Waals surface area contributed by atoms with Gasteiger partial charge in [-0.25, -0.2) is 0 Å². The molecule has 0 bridgehead atoms. The lowest BCUT2D eigenvalue weighted by Crippen LogP contribution is -2.25. The fourth-order valence-corrected chi connectivity index (χ4v) is 2.03. The second kappa shape index (κ2) is 4.91. The summed E-state index contributed by atoms with van der Waals surface area (Å²) < 4.78 is 6.80. The molecule has 0 unspecified atom stereocenters. The van der Waals surface area contributed by atoms with Crippen LogP contribution < -0.4 is 10.3 Å². The van der Waals surface area contributed by atoms with Crippen molar-refractivity contribution in [3.05, 3.63) is 27.0 Å². The van der Waals surface area contributed by atoms with Crippen molar-refractivity contribution in [3.8, 4) is 5.88 Å². The Kier molecular flexibility index (Phi) is 4.03. The molecule has 0 spiro atoms. The second-order valence-corrected chi connectivity index (χ2v) is 4.76. The van der Waals surface area contributed by atoms with Crippen LogP contribution in [0.25, 0.3) is 0 Å². The molecule has 1 aromatic heterocycles. The van der Waals surface area contributed by atoms with Gasteiger partial charge in [0.2, 0.25) is 0 Å². The summed E-state index contributed by atoms with van der Waals surface area (Å²) in [6.07, 6.45) is 0. The molecule has 0 saturated carbocycles. The summed E-state index contributed by atoms with van der Waals surface area (Å²) in [6, 6.07) is 1.87. The minimum absolute atomic E-state index is 0.0289. The quantitative estimate of drug-likeness (QED) is 0.816. The van der Waals surface area contributed by atoms with Gasteiger partial charge in [-0.1, -0.05) is 25.4 Å². The van der Waals surface area contributed by atoms with Gasteiger partial charge in [0.05, 0.1) is 7.11 Å². The molecule has 0 atom stereocenters. The number of aromatic nitrogens is 1. The fourth-order valence-electron chi connectivity index (χ4n) is 1.66. The first-order chi connectivity index (χ1) is 7.40. The smallest absolute Gasteiger partial charge is 0.272 e. The van der Waals surface area contributed by atoms with Crippen LogP contribution in [0.3, 0.4) is 0 Å². The van der Waals surface area contributed by atoms with E-state index in [4.69, 9.17) is 16.3 Å². The average molecular weight is 244 g/mol. The van der Waals surface area contributed by atoms with Crippen LogP contribution in [0.4, 0.5) is 0 Å². The maximum Gasteiger partial charge on any atom is 0.272 e. The molecule has 16 heavy (non-hydrogen) atoms. The Balaban J connectivity index is 3.56. The van der Waals surface area contributed by atoms with E-state index in [-0.39, 0.29) is 17.5 Å². The number of rotatable bonds is 3. The van der Waals surface area contributed by atoms with Gasteiger partial charge >= 0.3 is 0 Å². The average Bonchev–Trinajstić information content (AvgIpc) is 2.20. The summed E-state index contributed by atoms with van der Waals surface area (Å²) in [5, 5.41) is 0.296. The maximum absolute atomic E-state index is 12.1. The molecular formula is C12H18ClNO2. The molecule has 0 fully saturated rings. The predicted octanol–water partition coefficient (Wildman–Crippen LogP) is 3.21. The van der Waals surface area contributed by atoms with E-state index < -0.39 is 0 Å². The zero-order valence-electron chi connectivity index (χ0n) is 10.4. The van der Waals surface area contributed by atoms with Gasteiger partial charge in [0.1, 0.15) is 5.02 Å². The number of hydrogen-bond acceptors (Lipinski definition) is 2. The number of halogens is 1. The number of ether oxygens (including phenoxy) is 1.